The highest BCUT2D eigenvalue weighted by Gasteiger charge is 2.61. The molecule has 0 radical (unpaired) electrons. The Labute approximate surface area is 265 Å². The van der Waals surface area contributed by atoms with E-state index >= 15 is 0 Å². The van der Waals surface area contributed by atoms with Crippen molar-refractivity contribution >= 4 is 17.5 Å². The standard InChI is InChI=1S/C34H34N6O6/c1-6-33(5,43)30(42)37-22-14-17-11-12-23-20(13-17)34(19-9-7-8-10-21(19)38-31(34)45-23)26-24(28-36-18(15-35)16-44-28)39-29(46-26)25(32(2,3)4)40-27(22)41/h7-13,16,22,25,31,38,43H,6,14H2,1-5H3,(H,37,42)(H,40,41)/t22-,25+,31+,33?,34?/m0/s1. The average Bonchev–Trinajstić information content (AvgIpc) is 3.79. The van der Waals surface area contributed by atoms with Crippen molar-refractivity contribution in [2.75, 3.05) is 5.32 Å². The number of nitriles is 1. The zero-order chi connectivity index (χ0) is 32.6. The highest BCUT2D eigenvalue weighted by molar-refractivity contribution is 5.91. The van der Waals surface area contributed by atoms with Gasteiger partial charge in [0.25, 0.3) is 5.91 Å². The van der Waals surface area contributed by atoms with Crippen molar-refractivity contribution in [2.24, 2.45) is 5.41 Å². The zero-order valence-corrected chi connectivity index (χ0v) is 26.1. The summed E-state index contributed by atoms with van der Waals surface area (Å²) in [6.45, 7) is 8.94. The number of aromatic nitrogens is 2. The van der Waals surface area contributed by atoms with E-state index in [0.717, 1.165) is 22.4 Å². The normalized spacial score (nSPS) is 24.1. The van der Waals surface area contributed by atoms with Gasteiger partial charge in [0.2, 0.25) is 17.7 Å². The lowest BCUT2D eigenvalue weighted by Crippen LogP contribution is -2.55. The number of hydrogen-bond acceptors (Lipinski definition) is 10. The molecule has 4 bridgehead atoms. The monoisotopic (exact) mass is 622 g/mol. The van der Waals surface area contributed by atoms with Crippen molar-refractivity contribution in [3.8, 4) is 23.4 Å². The predicted octanol–water partition coefficient (Wildman–Crippen LogP) is 4.08. The Bertz CT molecular complexity index is 1930. The molecular weight excluding hydrogens is 588 g/mol. The number of hydrogen-bond donors (Lipinski definition) is 4. The Hall–Kier alpha value is -5.15. The summed E-state index contributed by atoms with van der Waals surface area (Å²) < 4.78 is 19.1. The molecular formula is C34H34N6O6. The van der Waals surface area contributed by atoms with Gasteiger partial charge in [0.05, 0.1) is 0 Å². The maximum absolute atomic E-state index is 14.1. The fourth-order valence-corrected chi connectivity index (χ4v) is 6.47. The molecule has 0 saturated heterocycles. The summed E-state index contributed by atoms with van der Waals surface area (Å²) in [4.78, 5) is 36.5. The van der Waals surface area contributed by atoms with Crippen LogP contribution in [0.4, 0.5) is 5.69 Å². The lowest BCUT2D eigenvalue weighted by atomic mass is 9.72. The van der Waals surface area contributed by atoms with Crippen molar-refractivity contribution in [3.05, 3.63) is 82.8 Å². The summed E-state index contributed by atoms with van der Waals surface area (Å²) in [7, 11) is 0. The maximum atomic E-state index is 14.1. The Morgan fingerprint density at radius 3 is 2.65 bits per heavy atom. The number of rotatable bonds is 4. The molecule has 12 heteroatoms. The SMILES string of the molecule is CCC(C)(O)C(=O)N[C@H]1Cc2ccc3c(c2)C2(c4ccccc4N[C@@H]2O3)c2oc(nc2-c2nc(C#N)co2)[C@H](C(C)(C)C)NC1=O. The molecule has 2 unspecified atom stereocenters. The van der Waals surface area contributed by atoms with Gasteiger partial charge in [0.1, 0.15) is 41.2 Å². The molecule has 3 aliphatic heterocycles. The van der Waals surface area contributed by atoms with Crippen molar-refractivity contribution in [2.45, 2.75) is 76.8 Å². The van der Waals surface area contributed by atoms with Crippen LogP contribution in [0, 0.1) is 16.7 Å². The first-order chi connectivity index (χ1) is 21.9. The van der Waals surface area contributed by atoms with E-state index in [0.29, 0.717) is 11.5 Å². The number of nitrogens with one attached hydrogen (secondary N) is 3. The molecule has 0 fully saturated rings. The lowest BCUT2D eigenvalue weighted by molar-refractivity contribution is -0.141. The molecule has 0 aliphatic carbocycles. The minimum atomic E-state index is -1.67. The van der Waals surface area contributed by atoms with Crippen LogP contribution in [0.3, 0.4) is 0 Å². The molecule has 4 N–H and O–H groups in total. The van der Waals surface area contributed by atoms with Crippen LogP contribution in [0.1, 0.15) is 81.1 Å². The van der Waals surface area contributed by atoms with E-state index in [4.69, 9.17) is 18.6 Å². The molecule has 2 amide bonds. The van der Waals surface area contributed by atoms with Crippen LogP contribution >= 0.6 is 0 Å². The molecule has 1 spiro atoms. The summed E-state index contributed by atoms with van der Waals surface area (Å²) in [6, 6.07) is 13.7. The van der Waals surface area contributed by atoms with E-state index in [-0.39, 0.29) is 36.0 Å². The summed E-state index contributed by atoms with van der Waals surface area (Å²) >= 11 is 0. The zero-order valence-electron chi connectivity index (χ0n) is 26.1. The van der Waals surface area contributed by atoms with E-state index in [1.807, 2.05) is 69.3 Å². The molecule has 5 atom stereocenters. The van der Waals surface area contributed by atoms with Gasteiger partial charge in [0, 0.05) is 17.7 Å². The fourth-order valence-electron chi connectivity index (χ4n) is 6.47. The summed E-state index contributed by atoms with van der Waals surface area (Å²) in [6.07, 6.45) is 0.930. The van der Waals surface area contributed by atoms with Gasteiger partial charge in [-0.15, -0.1) is 0 Å². The second kappa shape index (κ2) is 10.2. The Morgan fingerprint density at radius 1 is 1.15 bits per heavy atom. The van der Waals surface area contributed by atoms with Crippen LogP contribution in [-0.4, -0.2) is 44.8 Å². The first kappa shape index (κ1) is 29.6. The van der Waals surface area contributed by atoms with E-state index in [9.17, 15) is 20.0 Å². The number of amides is 2. The number of nitrogens with zero attached hydrogens (tertiary/aromatic N) is 3. The lowest BCUT2D eigenvalue weighted by Gasteiger charge is -2.32. The van der Waals surface area contributed by atoms with Crippen LogP contribution in [-0.2, 0) is 21.4 Å². The van der Waals surface area contributed by atoms with Crippen LogP contribution in [0.2, 0.25) is 0 Å². The maximum Gasteiger partial charge on any atom is 0.252 e. The number of oxazole rings is 2. The Kier molecular flexibility index (Phi) is 6.54. The first-order valence-electron chi connectivity index (χ1n) is 15.2. The number of ether oxygens (including phenoxy) is 1. The number of benzene rings is 2. The molecule has 2 aromatic carbocycles. The molecule has 3 aliphatic rings. The topological polar surface area (TPSA) is 176 Å². The average molecular weight is 623 g/mol. The van der Waals surface area contributed by atoms with Gasteiger partial charge >= 0.3 is 0 Å². The van der Waals surface area contributed by atoms with Gasteiger partial charge < -0.3 is 34.6 Å². The number of anilines is 1. The predicted molar refractivity (Wildman–Crippen MR) is 164 cm³/mol. The summed E-state index contributed by atoms with van der Waals surface area (Å²) in [5.41, 5.74) is 0.235. The van der Waals surface area contributed by atoms with Crippen molar-refractivity contribution in [3.63, 3.8) is 0 Å². The Morgan fingerprint density at radius 2 is 1.93 bits per heavy atom. The number of aliphatic hydroxyl groups is 1. The van der Waals surface area contributed by atoms with Gasteiger partial charge in [0.15, 0.2) is 23.4 Å². The second-order valence-corrected chi connectivity index (χ2v) is 13.4. The van der Waals surface area contributed by atoms with Gasteiger partial charge in [-0.2, -0.15) is 10.2 Å². The highest BCUT2D eigenvalue weighted by Crippen LogP contribution is 2.59. The highest BCUT2D eigenvalue weighted by atomic mass is 16.5. The molecule has 0 saturated carbocycles. The van der Waals surface area contributed by atoms with Crippen molar-refractivity contribution in [1.29, 1.82) is 5.26 Å². The number of carbonyl (C=O) groups excluding carboxylic acids is 2. The van der Waals surface area contributed by atoms with Crippen LogP contribution < -0.4 is 20.7 Å². The molecule has 12 nitrogen and oxygen atoms in total. The van der Waals surface area contributed by atoms with Gasteiger partial charge in [-0.05, 0) is 42.0 Å². The third-order valence-corrected chi connectivity index (χ3v) is 9.21. The van der Waals surface area contributed by atoms with E-state index in [1.54, 1.807) is 6.92 Å². The Balaban J connectivity index is 1.51. The molecule has 5 heterocycles. The van der Waals surface area contributed by atoms with Crippen LogP contribution in [0.25, 0.3) is 11.6 Å². The third-order valence-electron chi connectivity index (χ3n) is 9.21. The van der Waals surface area contributed by atoms with Crippen LogP contribution in [0.15, 0.2) is 57.6 Å². The first-order valence-corrected chi connectivity index (χ1v) is 15.2. The van der Waals surface area contributed by atoms with Gasteiger partial charge in [-0.1, -0.05) is 58.0 Å². The molecule has 2 aromatic heterocycles. The molecule has 4 aromatic rings. The molecule has 236 valence electrons. The van der Waals surface area contributed by atoms with E-state index < -0.39 is 46.6 Å². The number of para-hydroxylation sites is 1. The van der Waals surface area contributed by atoms with Crippen molar-refractivity contribution < 1.29 is 28.3 Å². The number of carbonyl (C=O) groups is 2. The van der Waals surface area contributed by atoms with Crippen molar-refractivity contribution in [1.82, 2.24) is 20.6 Å². The summed E-state index contributed by atoms with van der Waals surface area (Å²) in [5, 5.41) is 29.6. The van der Waals surface area contributed by atoms with Crippen LogP contribution in [0.5, 0.6) is 5.75 Å². The molecule has 46 heavy (non-hydrogen) atoms. The third kappa shape index (κ3) is 4.37. The fraction of sp³-hybridized carbons (Fsp3) is 0.382. The number of fused-ring (bicyclic) bond motifs is 4. The van der Waals surface area contributed by atoms with Gasteiger partial charge in [-0.3, -0.25) is 9.59 Å². The van der Waals surface area contributed by atoms with E-state index in [2.05, 4.69) is 20.9 Å². The van der Waals surface area contributed by atoms with E-state index in [1.165, 1.54) is 13.2 Å². The minimum Gasteiger partial charge on any atom is -0.469 e. The largest absolute Gasteiger partial charge is 0.469 e. The quantitative estimate of drug-likeness (QED) is 0.259. The molecule has 7 rings (SSSR count). The minimum absolute atomic E-state index is 0.0787. The van der Waals surface area contributed by atoms with Gasteiger partial charge in [-0.25, -0.2) is 4.98 Å². The smallest absolute Gasteiger partial charge is 0.252 e. The summed E-state index contributed by atoms with van der Waals surface area (Å²) in [5.74, 6) is 0.151. The second-order valence-electron chi connectivity index (χ2n) is 13.4.